The molecule has 1 aliphatic heterocycles. The van der Waals surface area contributed by atoms with Gasteiger partial charge in [-0.05, 0) is 130 Å². The van der Waals surface area contributed by atoms with Gasteiger partial charge in [0.15, 0.2) is 10.8 Å². The minimum atomic E-state index is -0.705. The fourth-order valence-corrected chi connectivity index (χ4v) is 14.7. The van der Waals surface area contributed by atoms with Crippen molar-refractivity contribution < 1.29 is 14.3 Å². The zero-order valence-corrected chi connectivity index (χ0v) is 36.2. The van der Waals surface area contributed by atoms with Gasteiger partial charge in [0, 0.05) is 59.1 Å². The maximum absolute atomic E-state index is 14.1. The van der Waals surface area contributed by atoms with Gasteiger partial charge in [-0.1, -0.05) is 49.4 Å². The molecule has 5 aliphatic rings. The van der Waals surface area contributed by atoms with Gasteiger partial charge in [-0.25, -0.2) is 14.8 Å². The highest BCUT2D eigenvalue weighted by molar-refractivity contribution is 8.00. The Hall–Kier alpha value is -4.26. The Kier molecular flexibility index (Phi) is 9.60. The molecule has 1 amide bonds. The van der Waals surface area contributed by atoms with Crippen molar-refractivity contribution in [2.75, 3.05) is 29.1 Å². The largest absolute Gasteiger partial charge is 0.455 e. The maximum atomic E-state index is 14.1. The fourth-order valence-electron chi connectivity index (χ4n) is 12.0. The maximum Gasteiger partial charge on any atom is 0.358 e. The van der Waals surface area contributed by atoms with Crippen molar-refractivity contribution in [1.29, 1.82) is 0 Å². The number of fused-ring (bicyclic) bond motifs is 2. The molecule has 0 spiro atoms. The molecular weight excluding hydrogens is 763 g/mol. The number of anilines is 2. The van der Waals surface area contributed by atoms with Gasteiger partial charge in [0.05, 0.1) is 16.4 Å². The van der Waals surface area contributed by atoms with Gasteiger partial charge in [-0.15, -0.1) is 0 Å². The molecule has 304 valence electrons. The first-order valence-corrected chi connectivity index (χ1v) is 22.5. The van der Waals surface area contributed by atoms with E-state index in [0.29, 0.717) is 40.4 Å². The van der Waals surface area contributed by atoms with Crippen LogP contribution in [0.1, 0.15) is 111 Å². The van der Waals surface area contributed by atoms with Crippen molar-refractivity contribution in [3.8, 4) is 11.1 Å². The highest BCUT2D eigenvalue weighted by Crippen LogP contribution is 2.74. The molecule has 58 heavy (non-hydrogen) atoms. The number of carbonyl (C=O) groups is 2. The summed E-state index contributed by atoms with van der Waals surface area (Å²) in [5.41, 5.74) is 12.6. The van der Waals surface area contributed by atoms with Crippen LogP contribution in [0.3, 0.4) is 0 Å². The van der Waals surface area contributed by atoms with Gasteiger partial charge >= 0.3 is 5.97 Å². The molecule has 4 bridgehead atoms. The van der Waals surface area contributed by atoms with Crippen molar-refractivity contribution in [3.63, 3.8) is 0 Å². The van der Waals surface area contributed by atoms with Crippen LogP contribution in [-0.2, 0) is 24.2 Å². The number of benzene rings is 2. The number of aromatic nitrogens is 4. The predicted molar refractivity (Wildman–Crippen MR) is 235 cm³/mol. The molecule has 4 saturated carbocycles. The minimum absolute atomic E-state index is 0.165. The van der Waals surface area contributed by atoms with Crippen LogP contribution in [0.2, 0.25) is 0 Å². The third kappa shape index (κ3) is 7.34. The number of para-hydroxylation sites is 1. The summed E-state index contributed by atoms with van der Waals surface area (Å²) in [5.74, 6) is 1.02. The number of thioether (sulfide) groups is 1. The van der Waals surface area contributed by atoms with E-state index in [9.17, 15) is 9.59 Å². The number of amides is 1. The van der Waals surface area contributed by atoms with Gasteiger partial charge in [0.25, 0.3) is 5.91 Å². The molecule has 3 aromatic heterocycles. The van der Waals surface area contributed by atoms with Gasteiger partial charge in [-0.2, -0.15) is 16.9 Å². The molecule has 10 nitrogen and oxygen atoms in total. The number of pyridine rings is 1. The number of carbonyl (C=O) groups excluding carboxylic acids is 2. The lowest BCUT2D eigenvalue weighted by Gasteiger charge is -2.69. The molecule has 3 N–H and O–H groups in total. The topological polar surface area (TPSA) is 128 Å². The highest BCUT2D eigenvalue weighted by atomic mass is 32.2. The summed E-state index contributed by atoms with van der Waals surface area (Å²) in [4.78, 5) is 39.7. The molecule has 2 aromatic carbocycles. The van der Waals surface area contributed by atoms with Crippen molar-refractivity contribution in [1.82, 2.24) is 19.7 Å². The van der Waals surface area contributed by atoms with E-state index in [1.165, 1.54) is 49.9 Å². The monoisotopic (exact) mass is 817 g/mol. The molecule has 0 radical (unpaired) electrons. The molecule has 10 rings (SSSR count). The van der Waals surface area contributed by atoms with Crippen LogP contribution in [0.5, 0.6) is 0 Å². The normalized spacial score (nSPS) is 26.2. The van der Waals surface area contributed by atoms with Crippen LogP contribution < -0.4 is 16.0 Å². The summed E-state index contributed by atoms with van der Waals surface area (Å²) < 4.78 is 9.50. The Morgan fingerprint density at radius 3 is 2.47 bits per heavy atom. The zero-order valence-electron chi connectivity index (χ0n) is 34.6. The van der Waals surface area contributed by atoms with Gasteiger partial charge in [0.2, 0.25) is 0 Å². The van der Waals surface area contributed by atoms with Crippen molar-refractivity contribution in [2.24, 2.45) is 22.0 Å². The van der Waals surface area contributed by atoms with Crippen LogP contribution in [0, 0.1) is 23.2 Å². The SMILES string of the molecule is Cc1c(-c2ccc(N3CCc4cccc(C(=O)Nc5nc6ccccc6s5)c4C3)nc2C(=O)OC(C)(C)C)cnn1CC12CC3(C)CC(C)(C1)CC(SCCN)(C3)C2. The van der Waals surface area contributed by atoms with Crippen molar-refractivity contribution in [2.45, 2.75) is 110 Å². The molecule has 0 saturated heterocycles. The van der Waals surface area contributed by atoms with Gasteiger partial charge in [0.1, 0.15) is 11.4 Å². The lowest BCUT2D eigenvalue weighted by molar-refractivity contribution is -0.139. The molecule has 5 aromatic rings. The third-order valence-corrected chi connectivity index (χ3v) is 15.3. The molecule has 4 aliphatic carbocycles. The van der Waals surface area contributed by atoms with E-state index in [1.807, 2.05) is 75.5 Å². The lowest BCUT2D eigenvalue weighted by atomic mass is 9.40. The second-order valence-electron chi connectivity index (χ2n) is 19.4. The van der Waals surface area contributed by atoms with E-state index in [2.05, 4.69) is 58.5 Å². The Labute approximate surface area is 349 Å². The number of esters is 1. The minimum Gasteiger partial charge on any atom is -0.455 e. The van der Waals surface area contributed by atoms with Crippen molar-refractivity contribution >= 4 is 56.1 Å². The standard InChI is InChI=1S/C46H55N7O3S2/c1-29-33(20-48-53(29)28-45-23-43(5)22-44(6,24-45)26-46(25-43,27-45)57-19-17-47)31-14-15-37(50-38(31)40(55)56-42(2,3)4)52-18-16-30-10-9-11-32(34(30)21-52)39(54)51-41-49-35-12-7-8-13-36(35)58-41/h7-15,20H,16-19,21-28,47H2,1-6H3,(H,49,51,54). The number of rotatable bonds is 10. The van der Waals surface area contributed by atoms with E-state index >= 15 is 0 Å². The van der Waals surface area contributed by atoms with E-state index in [-0.39, 0.29) is 21.8 Å². The molecular formula is C46H55N7O3S2. The Morgan fingerprint density at radius 1 is 0.948 bits per heavy atom. The highest BCUT2D eigenvalue weighted by Gasteiger charge is 2.65. The van der Waals surface area contributed by atoms with Crippen LogP contribution in [0.4, 0.5) is 10.9 Å². The fraction of sp³-hybridized carbons (Fsp3) is 0.500. The average Bonchev–Trinajstić information content (AvgIpc) is 3.72. The average molecular weight is 818 g/mol. The number of nitrogens with two attached hydrogens (primary N) is 1. The Balaban J connectivity index is 1.01. The number of nitrogens with zero attached hydrogens (tertiary/aromatic N) is 5. The second-order valence-corrected chi connectivity index (χ2v) is 22.0. The summed E-state index contributed by atoms with van der Waals surface area (Å²) in [5, 5.41) is 8.65. The number of hydrogen-bond acceptors (Lipinski definition) is 10. The van der Waals surface area contributed by atoms with Crippen LogP contribution >= 0.6 is 23.1 Å². The molecule has 2 unspecified atom stereocenters. The third-order valence-electron chi connectivity index (χ3n) is 12.9. The number of thiazole rings is 1. The summed E-state index contributed by atoms with van der Waals surface area (Å²) in [6.45, 7) is 15.6. The number of hydrogen-bond donors (Lipinski definition) is 2. The van der Waals surface area contributed by atoms with Gasteiger partial charge < -0.3 is 15.4 Å². The summed E-state index contributed by atoms with van der Waals surface area (Å²) in [6.07, 6.45) is 10.2. The zero-order chi connectivity index (χ0) is 40.7. The quantitative estimate of drug-likeness (QED) is 0.133. The second kappa shape index (κ2) is 14.2. The first-order valence-electron chi connectivity index (χ1n) is 20.7. The molecule has 4 heterocycles. The molecule has 4 fully saturated rings. The predicted octanol–water partition coefficient (Wildman–Crippen LogP) is 9.44. The van der Waals surface area contributed by atoms with E-state index in [1.54, 1.807) is 0 Å². The summed E-state index contributed by atoms with van der Waals surface area (Å²) in [7, 11) is 0. The lowest BCUT2D eigenvalue weighted by Crippen LogP contribution is -2.62. The summed E-state index contributed by atoms with van der Waals surface area (Å²) in [6, 6.07) is 17.8. The van der Waals surface area contributed by atoms with Crippen molar-refractivity contribution in [3.05, 3.63) is 88.9 Å². The van der Waals surface area contributed by atoms with E-state index in [0.717, 1.165) is 63.4 Å². The smallest absolute Gasteiger partial charge is 0.358 e. The summed E-state index contributed by atoms with van der Waals surface area (Å²) >= 11 is 3.59. The van der Waals surface area contributed by atoms with Crippen LogP contribution in [0.25, 0.3) is 21.3 Å². The number of ether oxygens (including phenoxy) is 1. The molecule has 2 atom stereocenters. The first kappa shape index (κ1) is 39.2. The van der Waals surface area contributed by atoms with Crippen LogP contribution in [-0.4, -0.2) is 60.8 Å². The van der Waals surface area contributed by atoms with Crippen LogP contribution in [0.15, 0.2) is 60.8 Å². The Bertz CT molecular complexity index is 2380. The first-order chi connectivity index (χ1) is 27.6. The number of nitrogens with one attached hydrogen (secondary N) is 1. The van der Waals surface area contributed by atoms with Gasteiger partial charge in [-0.3, -0.25) is 14.8 Å². The Morgan fingerprint density at radius 2 is 1.72 bits per heavy atom. The van der Waals surface area contributed by atoms with E-state index in [4.69, 9.17) is 20.6 Å². The van der Waals surface area contributed by atoms with E-state index < -0.39 is 11.6 Å². The molecule has 12 heteroatoms.